The maximum atomic E-state index is 5.92. The summed E-state index contributed by atoms with van der Waals surface area (Å²) >= 11 is 0. The summed E-state index contributed by atoms with van der Waals surface area (Å²) in [6, 6.07) is 9.14. The van der Waals surface area contributed by atoms with Gasteiger partial charge in [0, 0.05) is 19.1 Å². The van der Waals surface area contributed by atoms with Crippen molar-refractivity contribution in [1.29, 1.82) is 0 Å². The van der Waals surface area contributed by atoms with E-state index in [1.807, 2.05) is 13.1 Å². The van der Waals surface area contributed by atoms with Crippen LogP contribution in [0.5, 0.6) is 5.75 Å². The largest absolute Gasteiger partial charge is 0.492 e. The second kappa shape index (κ2) is 8.28. The summed E-state index contributed by atoms with van der Waals surface area (Å²) in [5, 5.41) is 3.17. The molecule has 1 aromatic carbocycles. The first-order valence-electron chi connectivity index (χ1n) is 7.94. The summed E-state index contributed by atoms with van der Waals surface area (Å²) in [6.45, 7) is 6.27. The first-order valence-corrected chi connectivity index (χ1v) is 7.94. The highest BCUT2D eigenvalue weighted by Gasteiger charge is 2.20. The number of benzene rings is 1. The van der Waals surface area contributed by atoms with E-state index in [0.717, 1.165) is 31.5 Å². The van der Waals surface area contributed by atoms with Crippen LogP contribution in [0.2, 0.25) is 0 Å². The second-order valence-corrected chi connectivity index (χ2v) is 5.62. The predicted molar refractivity (Wildman–Crippen MR) is 84.2 cm³/mol. The highest BCUT2D eigenvalue weighted by atomic mass is 16.5. The molecule has 1 N–H and O–H groups in total. The van der Waals surface area contributed by atoms with Crippen LogP contribution in [0.15, 0.2) is 24.3 Å². The molecule has 0 aromatic heterocycles. The lowest BCUT2D eigenvalue weighted by Crippen LogP contribution is -2.41. The molecule has 1 saturated heterocycles. The molecule has 0 amide bonds. The zero-order chi connectivity index (χ0) is 14.2. The van der Waals surface area contributed by atoms with Gasteiger partial charge in [0.05, 0.1) is 0 Å². The third-order valence-corrected chi connectivity index (χ3v) is 4.15. The molecule has 20 heavy (non-hydrogen) atoms. The molecule has 2 rings (SSSR count). The third kappa shape index (κ3) is 4.50. The SMILES string of the molecule is CCC1CCCCN1CCOc1cccc(CNC)c1. The Labute approximate surface area is 123 Å². The number of likely N-dealkylation sites (tertiary alicyclic amines) is 1. The molecule has 0 spiro atoms. The molecule has 0 aliphatic carbocycles. The second-order valence-electron chi connectivity index (χ2n) is 5.62. The zero-order valence-corrected chi connectivity index (χ0v) is 12.9. The number of hydrogen-bond acceptors (Lipinski definition) is 3. The van der Waals surface area contributed by atoms with Crippen LogP contribution in [0.25, 0.3) is 0 Å². The topological polar surface area (TPSA) is 24.5 Å². The molecule has 3 nitrogen and oxygen atoms in total. The summed E-state index contributed by atoms with van der Waals surface area (Å²) in [5.41, 5.74) is 1.27. The Morgan fingerprint density at radius 1 is 1.35 bits per heavy atom. The number of hydrogen-bond donors (Lipinski definition) is 1. The van der Waals surface area contributed by atoms with Crippen molar-refractivity contribution < 1.29 is 4.74 Å². The van der Waals surface area contributed by atoms with E-state index >= 15 is 0 Å². The summed E-state index contributed by atoms with van der Waals surface area (Å²) in [7, 11) is 1.97. The average molecular weight is 276 g/mol. The first-order chi connectivity index (χ1) is 9.83. The van der Waals surface area contributed by atoms with Gasteiger partial charge in [0.15, 0.2) is 0 Å². The van der Waals surface area contributed by atoms with Gasteiger partial charge in [-0.15, -0.1) is 0 Å². The minimum atomic E-state index is 0.767. The Balaban J connectivity index is 1.78. The molecule has 1 aliphatic rings. The average Bonchev–Trinajstić information content (AvgIpc) is 2.48. The van der Waals surface area contributed by atoms with Gasteiger partial charge in [0.1, 0.15) is 12.4 Å². The van der Waals surface area contributed by atoms with Gasteiger partial charge in [0.2, 0.25) is 0 Å². The number of nitrogens with zero attached hydrogens (tertiary/aromatic N) is 1. The molecule has 0 saturated carbocycles. The molecule has 1 atom stereocenters. The Kier molecular flexibility index (Phi) is 6.34. The van der Waals surface area contributed by atoms with Crippen molar-refractivity contribution in [3.05, 3.63) is 29.8 Å². The minimum absolute atomic E-state index is 0.767. The Morgan fingerprint density at radius 3 is 3.05 bits per heavy atom. The van der Waals surface area contributed by atoms with Crippen molar-refractivity contribution >= 4 is 0 Å². The van der Waals surface area contributed by atoms with E-state index in [4.69, 9.17) is 4.74 Å². The third-order valence-electron chi connectivity index (χ3n) is 4.15. The number of rotatable bonds is 7. The highest BCUT2D eigenvalue weighted by Crippen LogP contribution is 2.19. The Morgan fingerprint density at radius 2 is 2.25 bits per heavy atom. The molecule has 1 unspecified atom stereocenters. The van der Waals surface area contributed by atoms with Crippen molar-refractivity contribution in [3.8, 4) is 5.75 Å². The van der Waals surface area contributed by atoms with E-state index in [-0.39, 0.29) is 0 Å². The number of nitrogens with one attached hydrogen (secondary N) is 1. The van der Waals surface area contributed by atoms with Crippen LogP contribution in [0.4, 0.5) is 0 Å². The zero-order valence-electron chi connectivity index (χ0n) is 12.9. The van der Waals surface area contributed by atoms with Gasteiger partial charge in [-0.3, -0.25) is 4.90 Å². The predicted octanol–water partition coefficient (Wildman–Crippen LogP) is 3.05. The Hall–Kier alpha value is -1.06. The van der Waals surface area contributed by atoms with Crippen LogP contribution in [0.3, 0.4) is 0 Å². The standard InChI is InChI=1S/C17H28N2O/c1-3-16-8-4-5-10-19(16)11-12-20-17-9-6-7-15(13-17)14-18-2/h6-7,9,13,16,18H,3-5,8,10-12,14H2,1-2H3. The van der Waals surface area contributed by atoms with E-state index in [9.17, 15) is 0 Å². The van der Waals surface area contributed by atoms with E-state index in [1.165, 1.54) is 37.8 Å². The van der Waals surface area contributed by atoms with Crippen LogP contribution in [0.1, 0.15) is 38.2 Å². The molecule has 1 aliphatic heterocycles. The molecule has 3 heteroatoms. The van der Waals surface area contributed by atoms with Crippen molar-refractivity contribution in [2.45, 2.75) is 45.2 Å². The van der Waals surface area contributed by atoms with Gasteiger partial charge < -0.3 is 10.1 Å². The molecule has 1 fully saturated rings. The van der Waals surface area contributed by atoms with Crippen molar-refractivity contribution in [3.63, 3.8) is 0 Å². The van der Waals surface area contributed by atoms with E-state index in [0.29, 0.717) is 0 Å². The summed E-state index contributed by atoms with van der Waals surface area (Å²) in [4.78, 5) is 2.60. The van der Waals surface area contributed by atoms with Gasteiger partial charge in [-0.05, 0) is 50.6 Å². The van der Waals surface area contributed by atoms with Crippen LogP contribution < -0.4 is 10.1 Å². The molecule has 1 aromatic rings. The summed E-state index contributed by atoms with van der Waals surface area (Å²) in [6.07, 6.45) is 5.35. The lowest BCUT2D eigenvalue weighted by molar-refractivity contribution is 0.120. The van der Waals surface area contributed by atoms with Crippen LogP contribution in [-0.4, -0.2) is 37.7 Å². The molecule has 112 valence electrons. The van der Waals surface area contributed by atoms with E-state index < -0.39 is 0 Å². The van der Waals surface area contributed by atoms with Gasteiger partial charge in [0.25, 0.3) is 0 Å². The Bertz CT molecular complexity index is 394. The fourth-order valence-electron chi connectivity index (χ4n) is 3.05. The summed E-state index contributed by atoms with van der Waals surface area (Å²) in [5.74, 6) is 0.989. The van der Waals surface area contributed by atoms with Crippen molar-refractivity contribution in [2.75, 3.05) is 26.7 Å². The lowest BCUT2D eigenvalue weighted by atomic mass is 10.0. The maximum Gasteiger partial charge on any atom is 0.119 e. The minimum Gasteiger partial charge on any atom is -0.492 e. The van der Waals surface area contributed by atoms with Crippen LogP contribution in [-0.2, 0) is 6.54 Å². The normalized spacial score (nSPS) is 20.0. The lowest BCUT2D eigenvalue weighted by Gasteiger charge is -2.35. The van der Waals surface area contributed by atoms with Gasteiger partial charge in [-0.1, -0.05) is 25.5 Å². The monoisotopic (exact) mass is 276 g/mol. The van der Waals surface area contributed by atoms with Gasteiger partial charge >= 0.3 is 0 Å². The van der Waals surface area contributed by atoms with Gasteiger partial charge in [-0.25, -0.2) is 0 Å². The quantitative estimate of drug-likeness (QED) is 0.828. The number of ether oxygens (including phenoxy) is 1. The molecule has 1 heterocycles. The van der Waals surface area contributed by atoms with Crippen LogP contribution in [0, 0.1) is 0 Å². The highest BCUT2D eigenvalue weighted by molar-refractivity contribution is 5.28. The smallest absolute Gasteiger partial charge is 0.119 e. The fourth-order valence-corrected chi connectivity index (χ4v) is 3.05. The van der Waals surface area contributed by atoms with Crippen LogP contribution >= 0.6 is 0 Å². The summed E-state index contributed by atoms with van der Waals surface area (Å²) < 4.78 is 5.92. The number of piperidine rings is 1. The molecule has 0 radical (unpaired) electrons. The molecule has 0 bridgehead atoms. The van der Waals surface area contributed by atoms with Crippen molar-refractivity contribution in [1.82, 2.24) is 10.2 Å². The fraction of sp³-hybridized carbons (Fsp3) is 0.647. The van der Waals surface area contributed by atoms with Crippen molar-refractivity contribution in [2.24, 2.45) is 0 Å². The van der Waals surface area contributed by atoms with E-state index in [1.54, 1.807) is 0 Å². The van der Waals surface area contributed by atoms with E-state index in [2.05, 4.69) is 35.3 Å². The maximum absolute atomic E-state index is 5.92. The molecular formula is C17H28N2O. The molecular weight excluding hydrogens is 248 g/mol. The van der Waals surface area contributed by atoms with Gasteiger partial charge in [-0.2, -0.15) is 0 Å². The first kappa shape index (κ1) is 15.3.